The summed E-state index contributed by atoms with van der Waals surface area (Å²) >= 11 is 0. The summed E-state index contributed by atoms with van der Waals surface area (Å²) in [5, 5.41) is 0. The van der Waals surface area contributed by atoms with E-state index in [9.17, 15) is 0 Å². The fraction of sp³-hybridized carbons (Fsp3) is 1.00. The summed E-state index contributed by atoms with van der Waals surface area (Å²) in [5.41, 5.74) is 0. The third kappa shape index (κ3) is 6.52. The molecule has 11 rings (SSSR count). The highest BCUT2D eigenvalue weighted by molar-refractivity contribution is 5.09. The molecule has 0 heteroatoms. The Morgan fingerprint density at radius 1 is 0.130 bits per heavy atom. The quantitative estimate of drug-likeness (QED) is 0.270. The van der Waals surface area contributed by atoms with E-state index in [1.165, 1.54) is 0 Å². The molecule has 0 heterocycles. The van der Waals surface area contributed by atoms with Gasteiger partial charge >= 0.3 is 0 Å². The zero-order valence-corrected chi connectivity index (χ0v) is 35.6. The molecule has 11 fully saturated rings. The maximum absolute atomic E-state index is 1.68. The van der Waals surface area contributed by atoms with Crippen LogP contribution in [-0.2, 0) is 0 Å². The van der Waals surface area contributed by atoms with Crippen LogP contribution in [-0.4, -0.2) is 0 Å². The monoisotopic (exact) mass is 737 g/mol. The fourth-order valence-corrected chi connectivity index (χ4v) is 21.4. The van der Waals surface area contributed by atoms with E-state index in [-0.39, 0.29) is 0 Å². The van der Waals surface area contributed by atoms with E-state index in [0.717, 1.165) is 118 Å². The maximum atomic E-state index is 1.68. The van der Waals surface area contributed by atoms with E-state index >= 15 is 0 Å². The Morgan fingerprint density at radius 3 is 0.685 bits per heavy atom. The van der Waals surface area contributed by atoms with Crippen LogP contribution in [0.15, 0.2) is 0 Å². The molecule has 0 aromatic heterocycles. The Balaban J connectivity index is 0.874. The van der Waals surface area contributed by atoms with Gasteiger partial charge in [0.1, 0.15) is 0 Å². The van der Waals surface area contributed by atoms with E-state index in [1.54, 1.807) is 218 Å². The molecule has 0 N–H and O–H groups in total. The lowest BCUT2D eigenvalue weighted by Crippen LogP contribution is -2.57. The van der Waals surface area contributed by atoms with Crippen LogP contribution in [0, 0.1) is 118 Å². The number of hydrogen-bond acceptors (Lipinski definition) is 0. The number of rotatable bonds is 4. The molecular weight excluding hydrogens is 649 g/mol. The van der Waals surface area contributed by atoms with Crippen LogP contribution in [0.5, 0.6) is 0 Å². The summed E-state index contributed by atoms with van der Waals surface area (Å²) in [6.07, 6.45) is 55.0. The molecule has 11 aliphatic carbocycles. The number of hydrogen-bond donors (Lipinski definition) is 0. The largest absolute Gasteiger partial charge is 0.0530 e. The van der Waals surface area contributed by atoms with Crippen LogP contribution in [0.3, 0.4) is 0 Å². The molecule has 54 heavy (non-hydrogen) atoms. The Hall–Kier alpha value is 0. The van der Waals surface area contributed by atoms with Crippen LogP contribution in [0.25, 0.3) is 0 Å². The molecule has 0 aromatic rings. The Bertz CT molecular complexity index is 1110. The van der Waals surface area contributed by atoms with E-state index in [2.05, 4.69) is 0 Å². The van der Waals surface area contributed by atoms with Gasteiger partial charge in [-0.1, -0.05) is 116 Å². The van der Waals surface area contributed by atoms with Gasteiger partial charge in [0.15, 0.2) is 0 Å². The smallest absolute Gasteiger partial charge is 0.0321 e. The molecule has 18 atom stereocenters. The first-order valence-electron chi connectivity index (χ1n) is 26.8. The first-order valence-corrected chi connectivity index (χ1v) is 26.8. The lowest BCUT2D eigenvalue weighted by atomic mass is 9.41. The highest BCUT2D eigenvalue weighted by Crippen LogP contribution is 2.67. The molecule has 0 nitrogen and oxygen atoms in total. The SMILES string of the molecule is C1CCC2C(C1)CCCC2C1CCC(C2C3CCCCC3C(C3CCC(C4CCCC5CCCCC54)C4CCCCC43)C3CCCCC32)C2CCCCC12. The molecular formula is C54H88. The van der Waals surface area contributed by atoms with E-state index in [4.69, 9.17) is 0 Å². The van der Waals surface area contributed by atoms with Crippen molar-refractivity contribution < 1.29 is 0 Å². The van der Waals surface area contributed by atoms with Crippen LogP contribution in [0.2, 0.25) is 0 Å². The molecule has 0 aromatic carbocycles. The second-order valence-corrected chi connectivity index (χ2v) is 24.0. The Labute approximate surface area is 335 Å². The Morgan fingerprint density at radius 2 is 0.315 bits per heavy atom. The van der Waals surface area contributed by atoms with Gasteiger partial charge in [0, 0.05) is 0 Å². The number of fused-ring (bicyclic) bond motifs is 6. The molecule has 304 valence electrons. The van der Waals surface area contributed by atoms with Crippen molar-refractivity contribution in [1.82, 2.24) is 0 Å². The van der Waals surface area contributed by atoms with Crippen molar-refractivity contribution in [3.8, 4) is 0 Å². The first-order chi connectivity index (χ1) is 26.8. The van der Waals surface area contributed by atoms with Crippen molar-refractivity contribution in [2.75, 3.05) is 0 Å². The van der Waals surface area contributed by atoms with Gasteiger partial charge in [-0.2, -0.15) is 0 Å². The van der Waals surface area contributed by atoms with Crippen molar-refractivity contribution in [3.63, 3.8) is 0 Å². The van der Waals surface area contributed by atoms with E-state index < -0.39 is 0 Å². The second kappa shape index (κ2) is 16.2. The molecule has 0 saturated heterocycles. The summed E-state index contributed by atoms with van der Waals surface area (Å²) in [7, 11) is 0. The minimum Gasteiger partial charge on any atom is -0.0530 e. The molecule has 0 aliphatic heterocycles. The molecule has 11 aliphatic rings. The maximum Gasteiger partial charge on any atom is -0.0321 e. The van der Waals surface area contributed by atoms with Crippen molar-refractivity contribution in [1.29, 1.82) is 0 Å². The third-order valence-corrected chi connectivity index (χ3v) is 22.7. The van der Waals surface area contributed by atoms with Gasteiger partial charge in [0.2, 0.25) is 0 Å². The van der Waals surface area contributed by atoms with Gasteiger partial charge < -0.3 is 0 Å². The third-order valence-electron chi connectivity index (χ3n) is 22.7. The summed E-state index contributed by atoms with van der Waals surface area (Å²) < 4.78 is 0. The molecule has 11 saturated carbocycles. The molecule has 0 amide bonds. The van der Waals surface area contributed by atoms with Crippen molar-refractivity contribution in [2.45, 2.75) is 218 Å². The Kier molecular flexibility index (Phi) is 11.1. The average Bonchev–Trinajstić information content (AvgIpc) is 3.25. The predicted octanol–water partition coefficient (Wildman–Crippen LogP) is 15.7. The van der Waals surface area contributed by atoms with Crippen LogP contribution >= 0.6 is 0 Å². The standard InChI is InChI=1S/C54H88/c1-3-19-37-35(15-1)17-13-29-39(37)45-31-33-51(43-23-7-5-21-41(43)45)53-47-25-9-11-27-49(47)54(50-28-12-10-26-48(50)53)52-34-32-46(42-22-6-8-24-44(42)52)40-30-14-18-36-16-2-4-20-38(36)40/h35-54H,1-34H2. The van der Waals surface area contributed by atoms with Crippen LogP contribution in [0.1, 0.15) is 218 Å². The van der Waals surface area contributed by atoms with Crippen LogP contribution in [0.4, 0.5) is 0 Å². The minimum absolute atomic E-state index is 1.13. The zero-order valence-electron chi connectivity index (χ0n) is 35.6. The fourth-order valence-electron chi connectivity index (χ4n) is 21.4. The van der Waals surface area contributed by atoms with E-state index in [0.29, 0.717) is 0 Å². The van der Waals surface area contributed by atoms with Crippen molar-refractivity contribution >= 4 is 0 Å². The van der Waals surface area contributed by atoms with Gasteiger partial charge in [0.25, 0.3) is 0 Å². The predicted molar refractivity (Wildman–Crippen MR) is 227 cm³/mol. The minimum atomic E-state index is 1.13. The van der Waals surface area contributed by atoms with Crippen molar-refractivity contribution in [3.05, 3.63) is 0 Å². The van der Waals surface area contributed by atoms with Gasteiger partial charge in [-0.25, -0.2) is 0 Å². The van der Waals surface area contributed by atoms with Gasteiger partial charge in [0.05, 0.1) is 0 Å². The average molecular weight is 737 g/mol. The molecule has 0 radical (unpaired) electrons. The van der Waals surface area contributed by atoms with Crippen molar-refractivity contribution in [2.24, 2.45) is 118 Å². The first kappa shape index (κ1) is 37.0. The van der Waals surface area contributed by atoms with E-state index in [1.807, 2.05) is 0 Å². The van der Waals surface area contributed by atoms with Gasteiger partial charge in [-0.3, -0.25) is 0 Å². The summed E-state index contributed by atoms with van der Waals surface area (Å²) in [6.45, 7) is 0. The second-order valence-electron chi connectivity index (χ2n) is 24.0. The summed E-state index contributed by atoms with van der Waals surface area (Å²) in [4.78, 5) is 0. The highest BCUT2D eigenvalue weighted by atomic mass is 14.6. The molecule has 0 spiro atoms. The zero-order chi connectivity index (χ0) is 35.6. The van der Waals surface area contributed by atoms with Gasteiger partial charge in [-0.05, 0) is 221 Å². The van der Waals surface area contributed by atoms with Gasteiger partial charge in [-0.15, -0.1) is 0 Å². The summed E-state index contributed by atoms with van der Waals surface area (Å²) in [6, 6.07) is 0. The molecule has 18 unspecified atom stereocenters. The summed E-state index contributed by atoms with van der Waals surface area (Å²) in [5.74, 6) is 22.6. The van der Waals surface area contributed by atoms with Crippen LogP contribution < -0.4 is 0 Å². The lowest BCUT2D eigenvalue weighted by Gasteiger charge is -2.64. The lowest BCUT2D eigenvalue weighted by molar-refractivity contribution is -0.155. The normalized spacial score (nSPS) is 55.1. The molecule has 0 bridgehead atoms. The topological polar surface area (TPSA) is 0 Å². The highest BCUT2D eigenvalue weighted by Gasteiger charge is 2.60.